The number of ether oxygens (including phenoxy) is 1. The molecular weight excluding hydrogens is 406 g/mol. The zero-order chi connectivity index (χ0) is 21.8. The lowest BCUT2D eigenvalue weighted by Gasteiger charge is -2.23. The van der Waals surface area contributed by atoms with Crippen LogP contribution in [0.2, 0.25) is 0 Å². The molecule has 162 valence electrons. The Bertz CT molecular complexity index is 1010. The van der Waals surface area contributed by atoms with Gasteiger partial charge < -0.3 is 24.4 Å². The van der Waals surface area contributed by atoms with Gasteiger partial charge in [-0.3, -0.25) is 4.79 Å². The molecule has 0 unspecified atom stereocenters. The molecule has 1 heterocycles. The van der Waals surface area contributed by atoms with E-state index in [-0.39, 0.29) is 12.0 Å². The van der Waals surface area contributed by atoms with Crippen LogP contribution in [0.5, 0.6) is 5.75 Å². The summed E-state index contributed by atoms with van der Waals surface area (Å²) in [5.41, 5.74) is 2.55. The fraction of sp³-hybridized carbons (Fsp3) is 0.500. The Morgan fingerprint density at radius 3 is 2.63 bits per heavy atom. The van der Waals surface area contributed by atoms with Crippen LogP contribution in [0, 0.1) is 6.92 Å². The van der Waals surface area contributed by atoms with Gasteiger partial charge in [-0.05, 0) is 81.2 Å². The molecule has 0 saturated carbocycles. The number of carboxylic acid groups (broad SMARTS) is 1. The van der Waals surface area contributed by atoms with Gasteiger partial charge in [-0.2, -0.15) is 11.8 Å². The molecule has 1 amide bonds. The molecule has 0 bridgehead atoms. The van der Waals surface area contributed by atoms with Crippen molar-refractivity contribution in [2.75, 3.05) is 12.0 Å². The van der Waals surface area contributed by atoms with Gasteiger partial charge in [0.15, 0.2) is 6.10 Å². The fourth-order valence-corrected chi connectivity index (χ4v) is 4.25. The maximum Gasteiger partial charge on any atom is 0.339 e. The summed E-state index contributed by atoms with van der Waals surface area (Å²) in [6.07, 6.45) is 4.52. The number of rotatable bonds is 8. The fourth-order valence-electron chi connectivity index (χ4n) is 3.78. The molecule has 0 fully saturated rings. The zero-order valence-corrected chi connectivity index (χ0v) is 18.2. The van der Waals surface area contributed by atoms with Crippen molar-refractivity contribution in [3.63, 3.8) is 0 Å². The number of amides is 1. The molecule has 0 aliphatic heterocycles. The largest absolute Gasteiger partial charge is 0.548 e. The topological polar surface area (TPSA) is 109 Å². The lowest BCUT2D eigenvalue weighted by atomic mass is 9.90. The van der Waals surface area contributed by atoms with Crippen LogP contribution in [0.25, 0.3) is 11.0 Å². The third-order valence-electron chi connectivity index (χ3n) is 5.31. The number of thioether (sulfide) groups is 1. The number of carbonyl (C=O) groups excluding carboxylic acids is 2. The molecule has 0 saturated heterocycles. The number of aliphatic carboxylic acids is 1. The maximum atomic E-state index is 12.6. The predicted molar refractivity (Wildman–Crippen MR) is 114 cm³/mol. The number of carboxylic acids is 1. The van der Waals surface area contributed by atoms with Gasteiger partial charge in [-0.25, -0.2) is 4.79 Å². The molecule has 30 heavy (non-hydrogen) atoms. The molecular formula is C22H26NO6S-. The summed E-state index contributed by atoms with van der Waals surface area (Å²) in [6.45, 7) is 3.42. The van der Waals surface area contributed by atoms with Crippen LogP contribution in [-0.4, -0.2) is 36.0 Å². The van der Waals surface area contributed by atoms with Crippen LogP contribution in [0.4, 0.5) is 0 Å². The zero-order valence-electron chi connectivity index (χ0n) is 17.4. The molecule has 7 nitrogen and oxygen atoms in total. The summed E-state index contributed by atoms with van der Waals surface area (Å²) in [7, 11) is 0. The molecule has 1 aliphatic rings. The van der Waals surface area contributed by atoms with E-state index in [2.05, 4.69) is 5.32 Å². The van der Waals surface area contributed by atoms with Crippen molar-refractivity contribution in [2.45, 2.75) is 58.1 Å². The van der Waals surface area contributed by atoms with E-state index >= 15 is 0 Å². The molecule has 8 heteroatoms. The normalized spacial score (nSPS) is 15.3. The van der Waals surface area contributed by atoms with E-state index in [1.807, 2.05) is 19.2 Å². The quantitative estimate of drug-likeness (QED) is 0.633. The number of hydrogen-bond acceptors (Lipinski definition) is 7. The van der Waals surface area contributed by atoms with Crippen LogP contribution < -0.4 is 20.8 Å². The van der Waals surface area contributed by atoms with Crippen molar-refractivity contribution in [2.24, 2.45) is 0 Å². The molecule has 0 radical (unpaired) electrons. The Labute approximate surface area is 179 Å². The Balaban J connectivity index is 1.90. The van der Waals surface area contributed by atoms with E-state index in [0.29, 0.717) is 34.5 Å². The lowest BCUT2D eigenvalue weighted by Crippen LogP contribution is -2.51. The molecule has 1 aromatic carbocycles. The summed E-state index contributed by atoms with van der Waals surface area (Å²) in [5, 5.41) is 14.5. The number of benzene rings is 1. The third kappa shape index (κ3) is 4.80. The Kier molecular flexibility index (Phi) is 7.07. The van der Waals surface area contributed by atoms with Gasteiger partial charge in [0.25, 0.3) is 5.91 Å². The summed E-state index contributed by atoms with van der Waals surface area (Å²) in [5.74, 6) is -0.807. The van der Waals surface area contributed by atoms with Crippen molar-refractivity contribution >= 4 is 34.6 Å². The van der Waals surface area contributed by atoms with E-state index in [1.165, 1.54) is 11.8 Å². The van der Waals surface area contributed by atoms with Crippen molar-refractivity contribution in [3.05, 3.63) is 39.2 Å². The highest BCUT2D eigenvalue weighted by atomic mass is 32.2. The van der Waals surface area contributed by atoms with Crippen molar-refractivity contribution in [1.29, 1.82) is 0 Å². The van der Waals surface area contributed by atoms with E-state index in [9.17, 15) is 19.5 Å². The second kappa shape index (κ2) is 9.55. The Morgan fingerprint density at radius 1 is 1.27 bits per heavy atom. The molecule has 0 spiro atoms. The highest BCUT2D eigenvalue weighted by molar-refractivity contribution is 7.98. The molecule has 2 aromatic rings. The number of nitrogens with one attached hydrogen (secondary N) is 1. The first-order valence-electron chi connectivity index (χ1n) is 10.1. The van der Waals surface area contributed by atoms with Gasteiger partial charge in [0.1, 0.15) is 11.3 Å². The summed E-state index contributed by atoms with van der Waals surface area (Å²) >= 11 is 1.49. The minimum absolute atomic E-state index is 0.272. The Morgan fingerprint density at radius 2 is 1.97 bits per heavy atom. The first-order chi connectivity index (χ1) is 14.3. The van der Waals surface area contributed by atoms with Gasteiger partial charge >= 0.3 is 5.63 Å². The first-order valence-corrected chi connectivity index (χ1v) is 11.5. The third-order valence-corrected chi connectivity index (χ3v) is 5.96. The van der Waals surface area contributed by atoms with Crippen LogP contribution >= 0.6 is 11.8 Å². The smallest absolute Gasteiger partial charge is 0.339 e. The van der Waals surface area contributed by atoms with E-state index in [0.717, 1.165) is 30.4 Å². The number of aryl methyl sites for hydroxylation is 2. The molecule has 3 rings (SSSR count). The number of hydrogen-bond donors (Lipinski definition) is 1. The predicted octanol–water partition coefficient (Wildman–Crippen LogP) is 1.74. The van der Waals surface area contributed by atoms with Crippen LogP contribution in [0.3, 0.4) is 0 Å². The van der Waals surface area contributed by atoms with Crippen LogP contribution in [0.15, 0.2) is 21.3 Å². The van der Waals surface area contributed by atoms with E-state index in [1.54, 1.807) is 13.0 Å². The highest BCUT2D eigenvalue weighted by Gasteiger charge is 2.24. The van der Waals surface area contributed by atoms with Gasteiger partial charge in [-0.1, -0.05) is 0 Å². The summed E-state index contributed by atoms with van der Waals surface area (Å²) in [4.78, 5) is 36.3. The average molecular weight is 433 g/mol. The summed E-state index contributed by atoms with van der Waals surface area (Å²) < 4.78 is 11.5. The van der Waals surface area contributed by atoms with E-state index in [4.69, 9.17) is 9.15 Å². The molecule has 1 aliphatic carbocycles. The van der Waals surface area contributed by atoms with Gasteiger partial charge in [0.2, 0.25) is 0 Å². The molecule has 1 N–H and O–H groups in total. The van der Waals surface area contributed by atoms with Crippen LogP contribution in [-0.2, 0) is 22.4 Å². The minimum atomic E-state index is -1.32. The van der Waals surface area contributed by atoms with Crippen molar-refractivity contribution < 1.29 is 23.8 Å². The Hall–Kier alpha value is -2.48. The second-order valence-electron chi connectivity index (χ2n) is 7.61. The van der Waals surface area contributed by atoms with Crippen molar-refractivity contribution in [3.8, 4) is 5.75 Å². The number of carbonyl (C=O) groups is 2. The van der Waals surface area contributed by atoms with Crippen molar-refractivity contribution in [1.82, 2.24) is 5.32 Å². The highest BCUT2D eigenvalue weighted by Crippen LogP contribution is 2.35. The van der Waals surface area contributed by atoms with Crippen LogP contribution in [0.1, 0.15) is 42.9 Å². The first kappa shape index (κ1) is 22.2. The lowest BCUT2D eigenvalue weighted by molar-refractivity contribution is -0.308. The van der Waals surface area contributed by atoms with Gasteiger partial charge in [-0.15, -0.1) is 0 Å². The SMILES string of the molecule is CSCC[C@H](NC(=O)[C@H](C)Oc1cc(C)cc2oc(=O)c3c(c12)CCCC3)C(=O)[O-]. The van der Waals surface area contributed by atoms with Gasteiger partial charge in [0, 0.05) is 5.56 Å². The standard InChI is InChI=1S/C22H27NO6S/c1-12-10-17(28-13(2)20(24)23-16(21(25)26)8-9-30-3)19-14-6-4-5-7-15(14)22(27)29-18(19)11-12/h10-11,13,16H,4-9H2,1-3H3,(H,23,24)(H,25,26)/p-1/t13-,16-/m0/s1. The maximum absolute atomic E-state index is 12.6. The average Bonchev–Trinajstić information content (AvgIpc) is 2.70. The molecule has 1 aromatic heterocycles. The number of fused-ring (bicyclic) bond motifs is 3. The van der Waals surface area contributed by atoms with E-state index < -0.39 is 24.0 Å². The second-order valence-corrected chi connectivity index (χ2v) is 8.60. The molecule has 2 atom stereocenters. The monoisotopic (exact) mass is 432 g/mol. The summed E-state index contributed by atoms with van der Waals surface area (Å²) in [6, 6.07) is 2.53. The van der Waals surface area contributed by atoms with Gasteiger partial charge in [0.05, 0.1) is 17.4 Å². The minimum Gasteiger partial charge on any atom is -0.548 e.